The third-order valence-electron chi connectivity index (χ3n) is 6.71. The van der Waals surface area contributed by atoms with E-state index in [0.29, 0.717) is 41.1 Å². The van der Waals surface area contributed by atoms with Crippen LogP contribution in [0.5, 0.6) is 0 Å². The lowest BCUT2D eigenvalue weighted by Gasteiger charge is -2.35. The molecule has 2 atom stereocenters. The standard InChI is InChI=1S/C24H26FN7O/c1-3-32-13-19-21(30-10-15-4-5-16(11-30)27-15)7-6-18(22(19)29-32)24(33)28-17-8-20(25)23-26-14(2)9-31(23)12-17/h6-9,12-13,15-16,27H,3-5,10-11H2,1-2H3,(H,28,33). The summed E-state index contributed by atoms with van der Waals surface area (Å²) in [4.78, 5) is 19.8. The number of anilines is 2. The van der Waals surface area contributed by atoms with Crippen LogP contribution in [0.15, 0.2) is 36.8 Å². The quantitative estimate of drug-likeness (QED) is 0.502. The van der Waals surface area contributed by atoms with Gasteiger partial charge in [0.05, 0.1) is 16.9 Å². The van der Waals surface area contributed by atoms with Gasteiger partial charge in [-0.1, -0.05) is 0 Å². The molecule has 33 heavy (non-hydrogen) atoms. The molecule has 0 saturated carbocycles. The highest BCUT2D eigenvalue weighted by molar-refractivity contribution is 6.13. The number of aryl methyl sites for hydroxylation is 2. The Hall–Kier alpha value is -3.46. The zero-order valence-corrected chi connectivity index (χ0v) is 18.7. The van der Waals surface area contributed by atoms with E-state index in [9.17, 15) is 9.18 Å². The first-order valence-electron chi connectivity index (χ1n) is 11.5. The minimum Gasteiger partial charge on any atom is -0.368 e. The van der Waals surface area contributed by atoms with Crippen LogP contribution in [0.2, 0.25) is 0 Å². The molecular formula is C24H26FN7O. The Morgan fingerprint density at radius 2 is 2.00 bits per heavy atom. The number of halogens is 1. The number of aromatic nitrogens is 4. The largest absolute Gasteiger partial charge is 0.368 e. The number of benzene rings is 1. The van der Waals surface area contributed by atoms with Crippen LogP contribution >= 0.6 is 0 Å². The van der Waals surface area contributed by atoms with Gasteiger partial charge in [-0.05, 0) is 38.8 Å². The van der Waals surface area contributed by atoms with E-state index in [1.165, 1.54) is 18.9 Å². The molecule has 6 rings (SSSR count). The number of imidazole rings is 1. The summed E-state index contributed by atoms with van der Waals surface area (Å²) in [6, 6.07) is 6.18. The molecule has 0 aliphatic carbocycles. The summed E-state index contributed by atoms with van der Waals surface area (Å²) >= 11 is 0. The van der Waals surface area contributed by atoms with E-state index < -0.39 is 5.82 Å². The maximum absolute atomic E-state index is 14.5. The molecule has 3 aromatic heterocycles. The van der Waals surface area contributed by atoms with Crippen LogP contribution in [0.1, 0.15) is 35.8 Å². The van der Waals surface area contributed by atoms with E-state index in [2.05, 4.69) is 20.5 Å². The van der Waals surface area contributed by atoms with E-state index >= 15 is 0 Å². The molecule has 2 fully saturated rings. The van der Waals surface area contributed by atoms with Crippen molar-refractivity contribution >= 4 is 33.8 Å². The monoisotopic (exact) mass is 447 g/mol. The molecule has 5 heterocycles. The van der Waals surface area contributed by atoms with Gasteiger partial charge in [-0.3, -0.25) is 9.48 Å². The first-order chi connectivity index (χ1) is 16.0. The molecule has 2 N–H and O–H groups in total. The van der Waals surface area contributed by atoms with Crippen molar-refractivity contribution < 1.29 is 9.18 Å². The van der Waals surface area contributed by atoms with Crippen molar-refractivity contribution in [3.63, 3.8) is 0 Å². The molecule has 9 heteroatoms. The van der Waals surface area contributed by atoms with Crippen LogP contribution < -0.4 is 15.5 Å². The summed E-state index contributed by atoms with van der Waals surface area (Å²) in [7, 11) is 0. The van der Waals surface area contributed by atoms with Crippen molar-refractivity contribution in [3.05, 3.63) is 53.9 Å². The van der Waals surface area contributed by atoms with Gasteiger partial charge in [0.2, 0.25) is 0 Å². The molecule has 0 radical (unpaired) electrons. The SMILES string of the molecule is CCn1cc2c(N3CC4CCC(C3)N4)ccc(C(=O)Nc3cc(F)c4nc(C)cn4c3)c2n1. The Bertz CT molecular complexity index is 1380. The van der Waals surface area contributed by atoms with Crippen molar-refractivity contribution in [1.82, 2.24) is 24.5 Å². The fourth-order valence-electron chi connectivity index (χ4n) is 5.20. The number of nitrogens with one attached hydrogen (secondary N) is 2. The average Bonchev–Trinajstić information content (AvgIpc) is 3.48. The van der Waals surface area contributed by atoms with Crippen molar-refractivity contribution in [2.24, 2.45) is 0 Å². The van der Waals surface area contributed by atoms with E-state index in [4.69, 9.17) is 5.10 Å². The van der Waals surface area contributed by atoms with E-state index in [1.54, 1.807) is 23.7 Å². The number of amides is 1. The van der Waals surface area contributed by atoms with Gasteiger partial charge in [0.1, 0.15) is 5.52 Å². The number of fused-ring (bicyclic) bond motifs is 4. The first-order valence-corrected chi connectivity index (χ1v) is 11.5. The van der Waals surface area contributed by atoms with Crippen molar-refractivity contribution in [1.29, 1.82) is 0 Å². The van der Waals surface area contributed by atoms with Gasteiger partial charge in [0.25, 0.3) is 5.91 Å². The zero-order valence-electron chi connectivity index (χ0n) is 18.7. The summed E-state index contributed by atoms with van der Waals surface area (Å²) < 4.78 is 17.9. The summed E-state index contributed by atoms with van der Waals surface area (Å²) in [5, 5.41) is 12.2. The van der Waals surface area contributed by atoms with Crippen LogP contribution in [0.3, 0.4) is 0 Å². The lowest BCUT2D eigenvalue weighted by Crippen LogP contribution is -2.51. The minimum atomic E-state index is -0.481. The predicted molar refractivity (Wildman–Crippen MR) is 125 cm³/mol. The second kappa shape index (κ2) is 7.55. The smallest absolute Gasteiger partial charge is 0.257 e. The van der Waals surface area contributed by atoms with Gasteiger partial charge >= 0.3 is 0 Å². The molecule has 2 aliphatic rings. The number of nitrogens with zero attached hydrogens (tertiary/aromatic N) is 5. The van der Waals surface area contributed by atoms with E-state index in [0.717, 1.165) is 24.2 Å². The Morgan fingerprint density at radius 3 is 2.76 bits per heavy atom. The van der Waals surface area contributed by atoms with Gasteiger partial charge < -0.3 is 19.9 Å². The number of hydrogen-bond donors (Lipinski definition) is 2. The third kappa shape index (κ3) is 3.43. The van der Waals surface area contributed by atoms with E-state index in [1.807, 2.05) is 29.9 Å². The highest BCUT2D eigenvalue weighted by Crippen LogP contribution is 2.33. The first kappa shape index (κ1) is 20.2. The zero-order chi connectivity index (χ0) is 22.7. The van der Waals surface area contributed by atoms with Crippen LogP contribution in [0.25, 0.3) is 16.6 Å². The molecule has 0 spiro atoms. The topological polar surface area (TPSA) is 79.5 Å². The predicted octanol–water partition coefficient (Wildman–Crippen LogP) is 3.34. The Balaban J connectivity index is 1.36. The second-order valence-corrected chi connectivity index (χ2v) is 9.07. The molecule has 1 aromatic carbocycles. The van der Waals surface area contributed by atoms with Crippen molar-refractivity contribution in [2.75, 3.05) is 23.3 Å². The molecule has 170 valence electrons. The Kier molecular flexibility index (Phi) is 4.62. The summed E-state index contributed by atoms with van der Waals surface area (Å²) in [5.41, 5.74) is 3.57. The summed E-state index contributed by atoms with van der Waals surface area (Å²) in [5.74, 6) is -0.797. The van der Waals surface area contributed by atoms with Crippen molar-refractivity contribution in [2.45, 2.75) is 45.3 Å². The van der Waals surface area contributed by atoms with Crippen molar-refractivity contribution in [3.8, 4) is 0 Å². The molecule has 8 nitrogen and oxygen atoms in total. The van der Waals surface area contributed by atoms with Gasteiger partial charge in [0.15, 0.2) is 11.5 Å². The molecule has 4 aromatic rings. The summed E-state index contributed by atoms with van der Waals surface area (Å²) in [6.07, 6.45) is 7.83. The highest BCUT2D eigenvalue weighted by atomic mass is 19.1. The average molecular weight is 448 g/mol. The van der Waals surface area contributed by atoms with Crippen LogP contribution in [0.4, 0.5) is 15.8 Å². The number of piperazine rings is 1. The molecule has 1 amide bonds. The number of carbonyl (C=O) groups excluding carboxylic acids is 1. The third-order valence-corrected chi connectivity index (χ3v) is 6.71. The lowest BCUT2D eigenvalue weighted by molar-refractivity contribution is 0.102. The van der Waals surface area contributed by atoms with Gasteiger partial charge in [0, 0.05) is 67.4 Å². The number of hydrogen-bond acceptors (Lipinski definition) is 5. The maximum atomic E-state index is 14.5. The Morgan fingerprint density at radius 1 is 1.21 bits per heavy atom. The molecule has 2 saturated heterocycles. The fraction of sp³-hybridized carbons (Fsp3) is 0.375. The lowest BCUT2D eigenvalue weighted by atomic mass is 10.1. The number of rotatable bonds is 4. The van der Waals surface area contributed by atoms with Crippen LogP contribution in [0, 0.1) is 12.7 Å². The van der Waals surface area contributed by atoms with E-state index in [-0.39, 0.29) is 11.6 Å². The highest BCUT2D eigenvalue weighted by Gasteiger charge is 2.33. The normalized spacial score (nSPS) is 20.2. The molecule has 2 unspecified atom stereocenters. The van der Waals surface area contributed by atoms with Gasteiger partial charge in [-0.25, -0.2) is 9.37 Å². The van der Waals surface area contributed by atoms with Crippen LogP contribution in [-0.2, 0) is 6.54 Å². The minimum absolute atomic E-state index is 0.240. The second-order valence-electron chi connectivity index (χ2n) is 9.07. The van der Waals surface area contributed by atoms with Gasteiger partial charge in [-0.2, -0.15) is 5.10 Å². The molecular weight excluding hydrogens is 421 g/mol. The summed E-state index contributed by atoms with van der Waals surface area (Å²) in [6.45, 7) is 6.46. The Labute approximate surface area is 190 Å². The molecule has 2 bridgehead atoms. The fourth-order valence-corrected chi connectivity index (χ4v) is 5.20. The van der Waals surface area contributed by atoms with Gasteiger partial charge in [-0.15, -0.1) is 0 Å². The maximum Gasteiger partial charge on any atom is 0.257 e. The number of pyridine rings is 1. The van der Waals surface area contributed by atoms with Crippen LogP contribution in [-0.4, -0.2) is 50.2 Å². The number of carbonyl (C=O) groups is 1. The molecule has 2 aliphatic heterocycles.